The van der Waals surface area contributed by atoms with E-state index >= 15 is 0 Å². The van der Waals surface area contributed by atoms with Crippen LogP contribution in [0, 0.1) is 11.3 Å². The van der Waals surface area contributed by atoms with Crippen molar-refractivity contribution >= 4 is 22.7 Å². The van der Waals surface area contributed by atoms with Gasteiger partial charge in [0.05, 0.1) is 22.7 Å². The number of nitrogens with zero attached hydrogens (tertiary/aromatic N) is 2. The van der Waals surface area contributed by atoms with Crippen molar-refractivity contribution in [2.45, 2.75) is 19.8 Å². The third kappa shape index (κ3) is 4.87. The molecule has 0 saturated carbocycles. The number of aromatic nitrogens is 1. The number of nitriles is 1. The molecule has 0 aliphatic carbocycles. The van der Waals surface area contributed by atoms with Crippen LogP contribution in [0.4, 0.5) is 0 Å². The van der Waals surface area contributed by atoms with Gasteiger partial charge in [-0.05, 0) is 42.3 Å². The van der Waals surface area contributed by atoms with E-state index in [1.54, 1.807) is 30.3 Å². The Morgan fingerprint density at radius 2 is 1.83 bits per heavy atom. The van der Waals surface area contributed by atoms with Gasteiger partial charge in [-0.2, -0.15) is 5.26 Å². The molecule has 3 aromatic rings. The summed E-state index contributed by atoms with van der Waals surface area (Å²) in [4.78, 5) is 29.2. The average molecular weight is 388 g/mol. The van der Waals surface area contributed by atoms with E-state index in [4.69, 9.17) is 10.00 Å². The number of ether oxygens (including phenoxy) is 1. The van der Waals surface area contributed by atoms with Crippen LogP contribution < -0.4 is 15.6 Å². The smallest absolute Gasteiger partial charge is 0.276 e. The highest BCUT2D eigenvalue weighted by atomic mass is 16.5. The van der Waals surface area contributed by atoms with Gasteiger partial charge in [-0.15, -0.1) is 0 Å². The molecule has 1 heterocycles. The lowest BCUT2D eigenvalue weighted by atomic mass is 10.0. The molecule has 146 valence electrons. The van der Waals surface area contributed by atoms with Crippen molar-refractivity contribution in [3.63, 3.8) is 0 Å². The summed E-state index contributed by atoms with van der Waals surface area (Å²) in [5, 5.41) is 9.48. The van der Waals surface area contributed by atoms with Crippen LogP contribution in [0.1, 0.15) is 41.4 Å². The minimum atomic E-state index is -0.509. The second-order valence-electron chi connectivity index (χ2n) is 6.69. The molecule has 0 atom stereocenters. The fourth-order valence-corrected chi connectivity index (χ4v) is 2.68. The number of rotatable bonds is 5. The molecule has 1 aromatic heterocycles. The maximum Gasteiger partial charge on any atom is 0.276 e. The predicted octanol–water partition coefficient (Wildman–Crippen LogP) is 3.07. The Bertz CT molecular complexity index is 1090. The highest BCUT2D eigenvalue weighted by Gasteiger charge is 2.15. The van der Waals surface area contributed by atoms with E-state index in [1.807, 2.05) is 44.2 Å². The quantitative estimate of drug-likeness (QED) is 0.654. The van der Waals surface area contributed by atoms with Gasteiger partial charge in [-0.3, -0.25) is 25.4 Å². The first kappa shape index (κ1) is 19.8. The zero-order valence-corrected chi connectivity index (χ0v) is 16.1. The molecule has 0 spiro atoms. The Morgan fingerprint density at radius 1 is 1.10 bits per heavy atom. The molecule has 2 N–H and O–H groups in total. The van der Waals surface area contributed by atoms with E-state index in [1.165, 1.54) is 0 Å². The molecule has 0 unspecified atom stereocenters. The molecule has 0 aliphatic rings. The van der Waals surface area contributed by atoms with Gasteiger partial charge in [-0.25, -0.2) is 0 Å². The molecule has 7 heteroatoms. The second-order valence-corrected chi connectivity index (χ2v) is 6.69. The molecule has 0 radical (unpaired) electrons. The Hall–Kier alpha value is -3.92. The van der Waals surface area contributed by atoms with Crippen molar-refractivity contribution in [2.75, 3.05) is 6.61 Å². The van der Waals surface area contributed by atoms with Gasteiger partial charge in [0, 0.05) is 11.1 Å². The van der Waals surface area contributed by atoms with Gasteiger partial charge in [0.15, 0.2) is 6.61 Å². The molecule has 0 bridgehead atoms. The largest absolute Gasteiger partial charge is 0.484 e. The topological polar surface area (TPSA) is 104 Å². The number of hydrogen-bond donors (Lipinski definition) is 2. The Balaban J connectivity index is 1.64. The number of benzene rings is 2. The summed E-state index contributed by atoms with van der Waals surface area (Å²) in [6, 6.07) is 17.5. The zero-order valence-electron chi connectivity index (χ0n) is 16.1. The number of fused-ring (bicyclic) bond motifs is 1. The van der Waals surface area contributed by atoms with E-state index < -0.39 is 11.8 Å². The minimum absolute atomic E-state index is 0.154. The Labute approximate surface area is 168 Å². The third-order valence-corrected chi connectivity index (χ3v) is 4.24. The number of nitrogens with one attached hydrogen (secondary N) is 2. The summed E-state index contributed by atoms with van der Waals surface area (Å²) in [6.45, 7) is 3.72. The molecular formula is C22H20N4O3. The molecule has 0 saturated heterocycles. The van der Waals surface area contributed by atoms with Gasteiger partial charge in [-0.1, -0.05) is 32.0 Å². The van der Waals surface area contributed by atoms with Crippen molar-refractivity contribution in [2.24, 2.45) is 0 Å². The normalized spacial score (nSPS) is 10.4. The molecular weight excluding hydrogens is 368 g/mol. The van der Waals surface area contributed by atoms with Gasteiger partial charge < -0.3 is 4.74 Å². The van der Waals surface area contributed by atoms with E-state index in [0.717, 1.165) is 11.2 Å². The second kappa shape index (κ2) is 8.85. The van der Waals surface area contributed by atoms with Gasteiger partial charge in [0.2, 0.25) is 0 Å². The number of hydrogen-bond acceptors (Lipinski definition) is 5. The minimum Gasteiger partial charge on any atom is -0.484 e. The van der Waals surface area contributed by atoms with Crippen LogP contribution in [0.5, 0.6) is 5.75 Å². The van der Waals surface area contributed by atoms with Crippen molar-refractivity contribution in [1.29, 1.82) is 5.26 Å². The molecule has 7 nitrogen and oxygen atoms in total. The number of para-hydroxylation sites is 1. The lowest BCUT2D eigenvalue weighted by molar-refractivity contribution is -0.123. The summed E-state index contributed by atoms with van der Waals surface area (Å²) in [6.07, 6.45) is 0. The van der Waals surface area contributed by atoms with Gasteiger partial charge in [0.1, 0.15) is 5.75 Å². The van der Waals surface area contributed by atoms with Gasteiger partial charge >= 0.3 is 0 Å². The number of carbonyl (C=O) groups excluding carboxylic acids is 2. The van der Waals surface area contributed by atoms with Crippen LogP contribution in [0.25, 0.3) is 10.9 Å². The highest BCUT2D eigenvalue weighted by molar-refractivity contribution is 6.06. The molecule has 0 fully saturated rings. The first-order valence-electron chi connectivity index (χ1n) is 9.09. The van der Waals surface area contributed by atoms with E-state index in [0.29, 0.717) is 22.3 Å². The maximum absolute atomic E-state index is 12.7. The zero-order chi connectivity index (χ0) is 20.8. The monoisotopic (exact) mass is 388 g/mol. The number of hydrazine groups is 1. The van der Waals surface area contributed by atoms with Crippen LogP contribution in [0.15, 0.2) is 54.6 Å². The Kier molecular flexibility index (Phi) is 6.05. The maximum atomic E-state index is 12.7. The fraction of sp³-hybridized carbons (Fsp3) is 0.182. The fourth-order valence-electron chi connectivity index (χ4n) is 2.68. The molecule has 29 heavy (non-hydrogen) atoms. The van der Waals surface area contributed by atoms with Crippen molar-refractivity contribution in [3.8, 4) is 11.8 Å². The van der Waals surface area contributed by atoms with Crippen molar-refractivity contribution < 1.29 is 14.3 Å². The first-order chi connectivity index (χ1) is 14.0. The van der Waals surface area contributed by atoms with Crippen LogP contribution in [-0.4, -0.2) is 23.4 Å². The lowest BCUT2D eigenvalue weighted by Crippen LogP contribution is -2.44. The van der Waals surface area contributed by atoms with Crippen molar-refractivity contribution in [1.82, 2.24) is 15.8 Å². The summed E-state index contributed by atoms with van der Waals surface area (Å²) in [5.74, 6) is -0.337. The van der Waals surface area contributed by atoms with Gasteiger partial charge in [0.25, 0.3) is 11.8 Å². The summed E-state index contributed by atoms with van der Waals surface area (Å²) in [7, 11) is 0. The Morgan fingerprint density at radius 3 is 2.52 bits per heavy atom. The third-order valence-electron chi connectivity index (χ3n) is 4.24. The average Bonchev–Trinajstić information content (AvgIpc) is 2.75. The number of carbonyl (C=O) groups is 2. The number of pyridine rings is 1. The summed E-state index contributed by atoms with van der Waals surface area (Å²) >= 11 is 0. The van der Waals surface area contributed by atoms with E-state index in [-0.39, 0.29) is 12.5 Å². The summed E-state index contributed by atoms with van der Waals surface area (Å²) in [5.41, 5.74) is 7.23. The molecule has 0 aliphatic heterocycles. The highest BCUT2D eigenvalue weighted by Crippen LogP contribution is 2.22. The van der Waals surface area contributed by atoms with Crippen LogP contribution in [0.2, 0.25) is 0 Å². The molecule has 3 rings (SSSR count). The number of amides is 2. The van der Waals surface area contributed by atoms with E-state index in [9.17, 15) is 9.59 Å². The standard InChI is InChI=1S/C22H20N4O3/c1-14(2)20-11-18(17-5-3-4-6-19(17)24-20)22(28)26-25-21(27)13-29-16-9-7-15(12-23)8-10-16/h3-11,14H,13H2,1-2H3,(H,25,27)(H,26,28). The van der Waals surface area contributed by atoms with Crippen molar-refractivity contribution in [3.05, 3.63) is 71.4 Å². The molecule has 2 amide bonds. The van der Waals surface area contributed by atoms with Crippen LogP contribution in [0.3, 0.4) is 0 Å². The lowest BCUT2D eigenvalue weighted by Gasteiger charge is -2.13. The van der Waals surface area contributed by atoms with Crippen LogP contribution >= 0.6 is 0 Å². The van der Waals surface area contributed by atoms with E-state index in [2.05, 4.69) is 15.8 Å². The molecule has 2 aromatic carbocycles. The van der Waals surface area contributed by atoms with Crippen LogP contribution in [-0.2, 0) is 4.79 Å². The predicted molar refractivity (Wildman–Crippen MR) is 108 cm³/mol. The first-order valence-corrected chi connectivity index (χ1v) is 9.09. The summed E-state index contributed by atoms with van der Waals surface area (Å²) < 4.78 is 5.34. The SMILES string of the molecule is CC(C)c1cc(C(=O)NNC(=O)COc2ccc(C#N)cc2)c2ccccc2n1.